The van der Waals surface area contributed by atoms with Crippen molar-refractivity contribution >= 4 is 42.6 Å². The van der Waals surface area contributed by atoms with Crippen LogP contribution in [0.5, 0.6) is 0 Å². The third-order valence-electron chi connectivity index (χ3n) is 3.82. The molecule has 8 heteroatoms. The van der Waals surface area contributed by atoms with Gasteiger partial charge in [0.25, 0.3) is 0 Å². The molecule has 0 aliphatic carbocycles. The van der Waals surface area contributed by atoms with E-state index in [9.17, 15) is 13.2 Å². The number of nitrogens with one attached hydrogen (secondary N) is 1. The van der Waals surface area contributed by atoms with Crippen molar-refractivity contribution in [2.45, 2.75) is 12.8 Å². The van der Waals surface area contributed by atoms with Crippen LogP contribution in [0.3, 0.4) is 0 Å². The number of thiazole rings is 1. The molecular formula is C14H17N3O3S2. The maximum absolute atomic E-state index is 12.3. The summed E-state index contributed by atoms with van der Waals surface area (Å²) in [5, 5.41) is 3.45. The Morgan fingerprint density at radius 1 is 1.32 bits per heavy atom. The molecule has 2 aromatic rings. The van der Waals surface area contributed by atoms with Gasteiger partial charge in [-0.2, -0.15) is 0 Å². The highest BCUT2D eigenvalue weighted by molar-refractivity contribution is 7.88. The van der Waals surface area contributed by atoms with Crippen molar-refractivity contribution in [3.63, 3.8) is 0 Å². The Bertz CT molecular complexity index is 760. The van der Waals surface area contributed by atoms with Gasteiger partial charge in [0.2, 0.25) is 15.9 Å². The first-order valence-corrected chi connectivity index (χ1v) is 9.71. The molecule has 0 spiro atoms. The normalized spacial score (nSPS) is 17.7. The van der Waals surface area contributed by atoms with Crippen LogP contribution in [0.4, 0.5) is 5.13 Å². The lowest BCUT2D eigenvalue weighted by molar-refractivity contribution is -0.120. The van der Waals surface area contributed by atoms with E-state index in [0.717, 1.165) is 10.2 Å². The molecule has 118 valence electrons. The summed E-state index contributed by atoms with van der Waals surface area (Å²) in [7, 11) is -3.16. The maximum Gasteiger partial charge on any atom is 0.229 e. The summed E-state index contributed by atoms with van der Waals surface area (Å²) in [6.07, 6.45) is 2.29. The van der Waals surface area contributed by atoms with E-state index >= 15 is 0 Å². The Balaban J connectivity index is 1.63. The number of carbonyl (C=O) groups is 1. The van der Waals surface area contributed by atoms with Crippen LogP contribution in [0.1, 0.15) is 12.8 Å². The lowest BCUT2D eigenvalue weighted by Crippen LogP contribution is -2.40. The summed E-state index contributed by atoms with van der Waals surface area (Å²) in [5.74, 6) is -0.239. The highest BCUT2D eigenvalue weighted by Crippen LogP contribution is 2.27. The fourth-order valence-corrected chi connectivity index (χ4v) is 4.33. The van der Waals surface area contributed by atoms with Gasteiger partial charge in [-0.3, -0.25) is 4.79 Å². The second-order valence-electron chi connectivity index (χ2n) is 5.41. The zero-order chi connectivity index (χ0) is 15.7. The van der Waals surface area contributed by atoms with Gasteiger partial charge in [0.15, 0.2) is 5.13 Å². The van der Waals surface area contributed by atoms with Crippen molar-refractivity contribution in [3.05, 3.63) is 24.3 Å². The number of piperidine rings is 1. The third kappa shape index (κ3) is 3.29. The van der Waals surface area contributed by atoms with Gasteiger partial charge in [0.1, 0.15) is 0 Å². The Hall–Kier alpha value is -1.51. The van der Waals surface area contributed by atoms with Crippen LogP contribution in [0.15, 0.2) is 24.3 Å². The number of aromatic nitrogens is 1. The largest absolute Gasteiger partial charge is 0.302 e. The summed E-state index contributed by atoms with van der Waals surface area (Å²) in [4.78, 5) is 16.7. The van der Waals surface area contributed by atoms with Gasteiger partial charge in [0.05, 0.1) is 16.5 Å². The fourth-order valence-electron chi connectivity index (χ4n) is 2.58. The predicted octanol–water partition coefficient (Wildman–Crippen LogP) is 1.91. The number of para-hydroxylation sites is 1. The Morgan fingerprint density at radius 3 is 2.64 bits per heavy atom. The number of hydrogen-bond acceptors (Lipinski definition) is 5. The summed E-state index contributed by atoms with van der Waals surface area (Å²) in [5.41, 5.74) is 0.870. The van der Waals surface area contributed by atoms with Crippen LogP contribution < -0.4 is 5.32 Å². The highest BCUT2D eigenvalue weighted by Gasteiger charge is 2.29. The number of fused-ring (bicyclic) bond motifs is 1. The SMILES string of the molecule is CS(=O)(=O)N1CCC(C(=O)Nc2nc3ccccc3s2)CC1. The minimum absolute atomic E-state index is 0.0767. The molecule has 0 bridgehead atoms. The van der Waals surface area contributed by atoms with Crippen LogP contribution >= 0.6 is 11.3 Å². The molecule has 1 aromatic heterocycles. The van der Waals surface area contributed by atoms with Gasteiger partial charge < -0.3 is 5.32 Å². The molecule has 1 N–H and O–H groups in total. The average molecular weight is 339 g/mol. The van der Waals surface area contributed by atoms with Crippen molar-refractivity contribution in [3.8, 4) is 0 Å². The Morgan fingerprint density at radius 2 is 2.00 bits per heavy atom. The minimum Gasteiger partial charge on any atom is -0.302 e. The van der Waals surface area contributed by atoms with E-state index in [1.165, 1.54) is 21.9 Å². The second-order valence-corrected chi connectivity index (χ2v) is 8.43. The molecule has 1 amide bonds. The number of nitrogens with zero attached hydrogens (tertiary/aromatic N) is 2. The predicted molar refractivity (Wildman–Crippen MR) is 87.4 cm³/mol. The summed E-state index contributed by atoms with van der Waals surface area (Å²) in [6.45, 7) is 0.799. The van der Waals surface area contributed by atoms with E-state index in [4.69, 9.17) is 0 Å². The van der Waals surface area contributed by atoms with Gasteiger partial charge in [-0.15, -0.1) is 0 Å². The van der Waals surface area contributed by atoms with E-state index in [-0.39, 0.29) is 11.8 Å². The van der Waals surface area contributed by atoms with Crippen molar-refractivity contribution in [1.82, 2.24) is 9.29 Å². The molecule has 2 heterocycles. The molecule has 0 atom stereocenters. The fraction of sp³-hybridized carbons (Fsp3) is 0.429. The first kappa shape index (κ1) is 15.4. The molecule has 6 nitrogen and oxygen atoms in total. The molecule has 1 saturated heterocycles. The smallest absolute Gasteiger partial charge is 0.229 e. The van der Waals surface area contributed by atoms with Crippen LogP contribution in [0.25, 0.3) is 10.2 Å². The number of rotatable bonds is 3. The van der Waals surface area contributed by atoms with E-state index in [0.29, 0.717) is 31.1 Å². The lowest BCUT2D eigenvalue weighted by atomic mass is 9.97. The average Bonchev–Trinajstić information content (AvgIpc) is 2.88. The first-order chi connectivity index (χ1) is 10.4. The van der Waals surface area contributed by atoms with E-state index in [1.54, 1.807) is 0 Å². The molecule has 1 fully saturated rings. The number of amides is 1. The van der Waals surface area contributed by atoms with E-state index < -0.39 is 10.0 Å². The van der Waals surface area contributed by atoms with Gasteiger partial charge >= 0.3 is 0 Å². The third-order valence-corrected chi connectivity index (χ3v) is 6.07. The van der Waals surface area contributed by atoms with Crippen molar-refractivity contribution in [2.75, 3.05) is 24.7 Å². The summed E-state index contributed by atoms with van der Waals surface area (Å²) >= 11 is 1.45. The molecule has 0 radical (unpaired) electrons. The molecule has 0 unspecified atom stereocenters. The molecule has 3 rings (SSSR count). The molecule has 0 saturated carbocycles. The standard InChI is InChI=1S/C14H17N3O3S2/c1-22(19,20)17-8-6-10(7-9-17)13(18)16-14-15-11-4-2-3-5-12(11)21-14/h2-5,10H,6-9H2,1H3,(H,15,16,18). The summed E-state index contributed by atoms with van der Waals surface area (Å²) in [6, 6.07) is 7.72. The maximum atomic E-state index is 12.3. The molecule has 1 aliphatic heterocycles. The Kier molecular flexibility index (Phi) is 4.16. The second kappa shape index (κ2) is 5.94. The van der Waals surface area contributed by atoms with E-state index in [2.05, 4.69) is 10.3 Å². The highest BCUT2D eigenvalue weighted by atomic mass is 32.2. The van der Waals surface area contributed by atoms with Crippen LogP contribution in [-0.4, -0.2) is 43.0 Å². The van der Waals surface area contributed by atoms with Crippen LogP contribution in [0.2, 0.25) is 0 Å². The van der Waals surface area contributed by atoms with E-state index in [1.807, 2.05) is 24.3 Å². The molecular weight excluding hydrogens is 322 g/mol. The molecule has 1 aliphatic rings. The quantitative estimate of drug-likeness (QED) is 0.926. The molecule has 1 aromatic carbocycles. The zero-order valence-corrected chi connectivity index (χ0v) is 13.8. The number of hydrogen-bond donors (Lipinski definition) is 1. The van der Waals surface area contributed by atoms with Gasteiger partial charge in [-0.25, -0.2) is 17.7 Å². The van der Waals surface area contributed by atoms with Crippen LogP contribution in [-0.2, 0) is 14.8 Å². The van der Waals surface area contributed by atoms with Gasteiger partial charge in [-0.05, 0) is 25.0 Å². The topological polar surface area (TPSA) is 79.4 Å². The zero-order valence-electron chi connectivity index (χ0n) is 12.2. The van der Waals surface area contributed by atoms with Gasteiger partial charge in [-0.1, -0.05) is 23.5 Å². The number of anilines is 1. The molecule has 22 heavy (non-hydrogen) atoms. The lowest BCUT2D eigenvalue weighted by Gasteiger charge is -2.29. The van der Waals surface area contributed by atoms with Crippen LogP contribution in [0, 0.1) is 5.92 Å². The van der Waals surface area contributed by atoms with Crippen molar-refractivity contribution in [2.24, 2.45) is 5.92 Å². The number of carbonyl (C=O) groups excluding carboxylic acids is 1. The van der Waals surface area contributed by atoms with Gasteiger partial charge in [0, 0.05) is 19.0 Å². The van der Waals surface area contributed by atoms with Crippen molar-refractivity contribution in [1.29, 1.82) is 0 Å². The Labute approximate surface area is 133 Å². The minimum atomic E-state index is -3.16. The summed E-state index contributed by atoms with van der Waals surface area (Å²) < 4.78 is 25.4. The first-order valence-electron chi connectivity index (χ1n) is 7.05. The van der Waals surface area contributed by atoms with Crippen molar-refractivity contribution < 1.29 is 13.2 Å². The number of sulfonamides is 1. The number of benzene rings is 1. The monoisotopic (exact) mass is 339 g/mol.